The molecular formula is C14H24O2. The van der Waals surface area contributed by atoms with E-state index < -0.39 is 0 Å². The first-order valence-corrected chi connectivity index (χ1v) is 6.18. The van der Waals surface area contributed by atoms with Crippen LogP contribution < -0.4 is 0 Å². The predicted octanol–water partition coefficient (Wildman–Crippen LogP) is 4.02. The zero-order chi connectivity index (χ0) is 12.1. The molecular weight excluding hydrogens is 200 g/mol. The highest BCUT2D eigenvalue weighted by Gasteiger charge is 2.01. The van der Waals surface area contributed by atoms with Gasteiger partial charge in [0, 0.05) is 6.42 Å². The third-order valence-corrected chi connectivity index (χ3v) is 2.37. The Morgan fingerprint density at radius 1 is 0.938 bits per heavy atom. The van der Waals surface area contributed by atoms with Gasteiger partial charge in [-0.15, -0.1) is 13.2 Å². The third kappa shape index (κ3) is 11.0. The Kier molecular flexibility index (Phi) is 11.2. The van der Waals surface area contributed by atoms with E-state index in [1.54, 1.807) is 6.08 Å². The summed E-state index contributed by atoms with van der Waals surface area (Å²) < 4.78 is 5.00. The topological polar surface area (TPSA) is 26.3 Å². The summed E-state index contributed by atoms with van der Waals surface area (Å²) in [6.07, 6.45) is 11.8. The summed E-state index contributed by atoms with van der Waals surface area (Å²) in [5.41, 5.74) is 0. The fraction of sp³-hybridized carbons (Fsp3) is 0.643. The van der Waals surface area contributed by atoms with Crippen LogP contribution in [0.5, 0.6) is 0 Å². The maximum atomic E-state index is 11.2. The number of ether oxygens (including phenoxy) is 1. The minimum Gasteiger partial charge on any atom is -0.465 e. The third-order valence-electron chi connectivity index (χ3n) is 2.37. The highest BCUT2D eigenvalue weighted by molar-refractivity contribution is 5.69. The molecule has 0 aliphatic rings. The Morgan fingerprint density at radius 3 is 2.25 bits per heavy atom. The molecule has 0 saturated heterocycles. The van der Waals surface area contributed by atoms with Crippen molar-refractivity contribution in [2.24, 2.45) is 0 Å². The highest BCUT2D eigenvalue weighted by Crippen LogP contribution is 2.07. The van der Waals surface area contributed by atoms with Crippen molar-refractivity contribution in [1.82, 2.24) is 0 Å². The lowest BCUT2D eigenvalue weighted by atomic mass is 10.1. The summed E-state index contributed by atoms with van der Waals surface area (Å²) in [5, 5.41) is 0. The molecule has 0 aliphatic carbocycles. The van der Waals surface area contributed by atoms with Gasteiger partial charge in [0.2, 0.25) is 0 Å². The molecule has 0 fully saturated rings. The second kappa shape index (κ2) is 12.0. The van der Waals surface area contributed by atoms with Crippen LogP contribution in [0.25, 0.3) is 0 Å². The molecule has 0 rings (SSSR count). The molecule has 0 spiro atoms. The molecule has 0 aromatic carbocycles. The minimum atomic E-state index is -0.0760. The van der Waals surface area contributed by atoms with Gasteiger partial charge < -0.3 is 4.74 Å². The number of carbonyl (C=O) groups excluding carboxylic acids is 1. The molecule has 0 unspecified atom stereocenters. The Hall–Kier alpha value is -1.05. The SMILES string of the molecule is C=CCCCCCCCC(=O)OCCC=C. The predicted molar refractivity (Wildman–Crippen MR) is 68.3 cm³/mol. The van der Waals surface area contributed by atoms with Gasteiger partial charge in [-0.2, -0.15) is 0 Å². The Labute approximate surface area is 99.4 Å². The quantitative estimate of drug-likeness (QED) is 0.301. The van der Waals surface area contributed by atoms with Gasteiger partial charge in [0.05, 0.1) is 6.61 Å². The van der Waals surface area contributed by atoms with Crippen molar-refractivity contribution < 1.29 is 9.53 Å². The van der Waals surface area contributed by atoms with Gasteiger partial charge in [0.1, 0.15) is 0 Å². The zero-order valence-corrected chi connectivity index (χ0v) is 10.2. The van der Waals surface area contributed by atoms with E-state index in [0.29, 0.717) is 13.0 Å². The van der Waals surface area contributed by atoms with Crippen molar-refractivity contribution >= 4 is 5.97 Å². The Morgan fingerprint density at radius 2 is 1.56 bits per heavy atom. The molecule has 0 saturated carbocycles. The summed E-state index contributed by atoms with van der Waals surface area (Å²) in [5.74, 6) is -0.0760. The highest BCUT2D eigenvalue weighted by atomic mass is 16.5. The van der Waals surface area contributed by atoms with E-state index >= 15 is 0 Å². The lowest BCUT2D eigenvalue weighted by Crippen LogP contribution is -2.04. The van der Waals surface area contributed by atoms with Gasteiger partial charge in [0.25, 0.3) is 0 Å². The second-order valence-corrected chi connectivity index (χ2v) is 3.89. The molecule has 0 N–H and O–H groups in total. The van der Waals surface area contributed by atoms with Gasteiger partial charge in [-0.25, -0.2) is 0 Å². The average molecular weight is 224 g/mol. The molecule has 0 heterocycles. The molecule has 16 heavy (non-hydrogen) atoms. The molecule has 2 heteroatoms. The van der Waals surface area contributed by atoms with Crippen molar-refractivity contribution in [2.45, 2.75) is 51.4 Å². The molecule has 92 valence electrons. The van der Waals surface area contributed by atoms with Crippen molar-refractivity contribution in [1.29, 1.82) is 0 Å². The first-order chi connectivity index (χ1) is 7.81. The molecule has 0 bridgehead atoms. The average Bonchev–Trinajstić information content (AvgIpc) is 2.28. The lowest BCUT2D eigenvalue weighted by Gasteiger charge is -2.03. The van der Waals surface area contributed by atoms with E-state index in [4.69, 9.17) is 4.74 Å². The van der Waals surface area contributed by atoms with E-state index in [0.717, 1.165) is 25.7 Å². The van der Waals surface area contributed by atoms with Crippen LogP contribution in [0.4, 0.5) is 0 Å². The van der Waals surface area contributed by atoms with Crippen LogP contribution in [-0.4, -0.2) is 12.6 Å². The van der Waals surface area contributed by atoms with Crippen LogP contribution in [0.2, 0.25) is 0 Å². The zero-order valence-electron chi connectivity index (χ0n) is 10.2. The normalized spacial score (nSPS) is 9.75. The summed E-state index contributed by atoms with van der Waals surface area (Å²) in [6.45, 7) is 7.73. The minimum absolute atomic E-state index is 0.0760. The van der Waals surface area contributed by atoms with Crippen LogP contribution in [0.1, 0.15) is 51.4 Å². The number of allylic oxidation sites excluding steroid dienone is 1. The number of esters is 1. The van der Waals surface area contributed by atoms with Crippen molar-refractivity contribution in [2.75, 3.05) is 6.61 Å². The van der Waals surface area contributed by atoms with Gasteiger partial charge >= 0.3 is 5.97 Å². The monoisotopic (exact) mass is 224 g/mol. The summed E-state index contributed by atoms with van der Waals surface area (Å²) in [4.78, 5) is 11.2. The van der Waals surface area contributed by atoms with E-state index in [1.807, 2.05) is 6.08 Å². The molecule has 0 aromatic rings. The smallest absolute Gasteiger partial charge is 0.305 e. The molecule has 0 amide bonds. The van der Waals surface area contributed by atoms with E-state index in [1.165, 1.54) is 19.3 Å². The first kappa shape index (κ1) is 14.9. The maximum Gasteiger partial charge on any atom is 0.305 e. The summed E-state index contributed by atoms with van der Waals surface area (Å²) >= 11 is 0. The van der Waals surface area contributed by atoms with Gasteiger partial charge in [-0.1, -0.05) is 31.4 Å². The lowest BCUT2D eigenvalue weighted by molar-refractivity contribution is -0.143. The first-order valence-electron chi connectivity index (χ1n) is 6.18. The number of unbranched alkanes of at least 4 members (excludes halogenated alkanes) is 5. The maximum absolute atomic E-state index is 11.2. The number of hydrogen-bond acceptors (Lipinski definition) is 2. The van der Waals surface area contributed by atoms with E-state index in [-0.39, 0.29) is 5.97 Å². The van der Waals surface area contributed by atoms with Gasteiger partial charge in [-0.05, 0) is 25.7 Å². The molecule has 0 aliphatic heterocycles. The van der Waals surface area contributed by atoms with Crippen LogP contribution >= 0.6 is 0 Å². The second-order valence-electron chi connectivity index (χ2n) is 3.89. The van der Waals surface area contributed by atoms with Crippen molar-refractivity contribution in [3.63, 3.8) is 0 Å². The number of carbonyl (C=O) groups is 1. The molecule has 2 nitrogen and oxygen atoms in total. The molecule has 0 radical (unpaired) electrons. The standard InChI is InChI=1S/C14H24O2/c1-3-5-7-8-9-10-11-12-14(15)16-13-6-4-2/h3-4H,1-2,5-13H2. The molecule has 0 atom stereocenters. The summed E-state index contributed by atoms with van der Waals surface area (Å²) in [7, 11) is 0. The Bertz CT molecular complexity index is 197. The summed E-state index contributed by atoms with van der Waals surface area (Å²) in [6, 6.07) is 0. The van der Waals surface area contributed by atoms with Crippen molar-refractivity contribution in [3.8, 4) is 0 Å². The van der Waals surface area contributed by atoms with Crippen LogP contribution in [0, 0.1) is 0 Å². The van der Waals surface area contributed by atoms with Gasteiger partial charge in [-0.3, -0.25) is 4.79 Å². The fourth-order valence-electron chi connectivity index (χ4n) is 1.42. The number of hydrogen-bond donors (Lipinski definition) is 0. The number of rotatable bonds is 11. The van der Waals surface area contributed by atoms with Crippen molar-refractivity contribution in [3.05, 3.63) is 25.3 Å². The Balaban J connectivity index is 3.14. The van der Waals surface area contributed by atoms with E-state index in [2.05, 4.69) is 13.2 Å². The largest absolute Gasteiger partial charge is 0.465 e. The van der Waals surface area contributed by atoms with Gasteiger partial charge in [0.15, 0.2) is 0 Å². The fourth-order valence-corrected chi connectivity index (χ4v) is 1.42. The van der Waals surface area contributed by atoms with Crippen LogP contribution in [0.3, 0.4) is 0 Å². The van der Waals surface area contributed by atoms with E-state index in [9.17, 15) is 4.79 Å². The van der Waals surface area contributed by atoms with Crippen LogP contribution in [0.15, 0.2) is 25.3 Å². The molecule has 0 aromatic heterocycles. The van der Waals surface area contributed by atoms with Crippen LogP contribution in [-0.2, 0) is 9.53 Å².